The first-order valence-corrected chi connectivity index (χ1v) is 5.70. The van der Waals surface area contributed by atoms with E-state index in [9.17, 15) is 9.59 Å². The zero-order valence-corrected chi connectivity index (χ0v) is 10.5. The maximum atomic E-state index is 11.8. The molecule has 0 saturated heterocycles. The number of aromatic nitrogens is 1. The standard InChI is InChI=1S/C11H15ClN2O3/c1-8(7-17-2)14(10(15)6-12)9-4-3-5-13-11(9)16/h3-5,8H,6-7H2,1-2H3,(H,13,16). The number of aromatic amines is 1. The van der Waals surface area contributed by atoms with Crippen molar-refractivity contribution in [3.05, 3.63) is 28.7 Å². The van der Waals surface area contributed by atoms with E-state index in [2.05, 4.69) is 4.98 Å². The summed E-state index contributed by atoms with van der Waals surface area (Å²) in [5.74, 6) is -0.504. The number of pyridine rings is 1. The van der Waals surface area contributed by atoms with Crippen molar-refractivity contribution in [2.45, 2.75) is 13.0 Å². The number of carbonyl (C=O) groups is 1. The minimum Gasteiger partial charge on any atom is -0.383 e. The first-order chi connectivity index (χ1) is 8.11. The Hall–Kier alpha value is -1.33. The Bertz CT molecular complexity index is 433. The molecule has 0 aromatic carbocycles. The van der Waals surface area contributed by atoms with Crippen LogP contribution in [0.2, 0.25) is 0 Å². The van der Waals surface area contributed by atoms with Gasteiger partial charge in [0, 0.05) is 13.3 Å². The number of H-pyrrole nitrogens is 1. The summed E-state index contributed by atoms with van der Waals surface area (Å²) in [6.45, 7) is 2.12. The number of carbonyl (C=O) groups excluding carboxylic acids is 1. The SMILES string of the molecule is COCC(C)N(C(=O)CCl)c1ccc[nH]c1=O. The number of rotatable bonds is 5. The summed E-state index contributed by atoms with van der Waals surface area (Å²) in [5.41, 5.74) is -0.0448. The van der Waals surface area contributed by atoms with Gasteiger partial charge in [0.15, 0.2) is 0 Å². The molecule has 0 saturated carbocycles. The highest BCUT2D eigenvalue weighted by Gasteiger charge is 2.23. The molecular weight excluding hydrogens is 244 g/mol. The van der Waals surface area contributed by atoms with Gasteiger partial charge in [0.2, 0.25) is 5.91 Å². The lowest BCUT2D eigenvalue weighted by Crippen LogP contribution is -2.44. The molecule has 94 valence electrons. The van der Waals surface area contributed by atoms with Crippen molar-refractivity contribution >= 4 is 23.2 Å². The second kappa shape index (κ2) is 6.42. The van der Waals surface area contributed by atoms with Gasteiger partial charge in [-0.05, 0) is 19.1 Å². The summed E-state index contributed by atoms with van der Waals surface area (Å²) in [5, 5.41) is 0. The van der Waals surface area contributed by atoms with Crippen LogP contribution in [0.5, 0.6) is 0 Å². The molecule has 1 atom stereocenters. The van der Waals surface area contributed by atoms with E-state index >= 15 is 0 Å². The van der Waals surface area contributed by atoms with Crippen LogP contribution in [0.4, 0.5) is 5.69 Å². The third kappa shape index (κ3) is 3.31. The lowest BCUT2D eigenvalue weighted by molar-refractivity contribution is -0.116. The molecule has 1 aromatic rings. The van der Waals surface area contributed by atoms with Crippen LogP contribution in [-0.4, -0.2) is 36.5 Å². The van der Waals surface area contributed by atoms with Crippen molar-refractivity contribution in [1.29, 1.82) is 0 Å². The molecule has 0 aliphatic heterocycles. The predicted molar refractivity (Wildman–Crippen MR) is 66.6 cm³/mol. The number of methoxy groups -OCH3 is 1. The number of ether oxygens (including phenoxy) is 1. The Morgan fingerprint density at radius 3 is 2.88 bits per heavy atom. The minimum absolute atomic E-state index is 0.178. The first-order valence-electron chi connectivity index (χ1n) is 5.16. The van der Waals surface area contributed by atoms with Crippen LogP contribution in [-0.2, 0) is 9.53 Å². The van der Waals surface area contributed by atoms with Crippen molar-refractivity contribution in [2.24, 2.45) is 0 Å². The van der Waals surface area contributed by atoms with Gasteiger partial charge in [-0.25, -0.2) is 0 Å². The molecule has 0 bridgehead atoms. The van der Waals surface area contributed by atoms with Crippen LogP contribution < -0.4 is 10.5 Å². The summed E-state index contributed by atoms with van der Waals surface area (Å²) >= 11 is 5.55. The molecule has 5 nitrogen and oxygen atoms in total. The largest absolute Gasteiger partial charge is 0.383 e. The number of nitrogens with zero attached hydrogens (tertiary/aromatic N) is 1. The molecule has 0 aliphatic rings. The maximum Gasteiger partial charge on any atom is 0.271 e. The molecule has 17 heavy (non-hydrogen) atoms. The van der Waals surface area contributed by atoms with E-state index in [0.717, 1.165) is 0 Å². The lowest BCUT2D eigenvalue weighted by atomic mass is 10.2. The molecule has 1 N–H and O–H groups in total. The Kier molecular flexibility index (Phi) is 5.18. The highest BCUT2D eigenvalue weighted by atomic mass is 35.5. The topological polar surface area (TPSA) is 62.4 Å². The first kappa shape index (κ1) is 13.7. The molecule has 1 heterocycles. The molecule has 1 aromatic heterocycles. The number of halogens is 1. The van der Waals surface area contributed by atoms with Gasteiger partial charge < -0.3 is 14.6 Å². The van der Waals surface area contributed by atoms with E-state index in [1.165, 1.54) is 18.2 Å². The predicted octanol–water partition coefficient (Wildman–Crippen LogP) is 0.982. The van der Waals surface area contributed by atoms with Crippen molar-refractivity contribution < 1.29 is 9.53 Å². The summed E-state index contributed by atoms with van der Waals surface area (Å²) in [7, 11) is 1.54. The van der Waals surface area contributed by atoms with Crippen molar-refractivity contribution in [3.8, 4) is 0 Å². The summed E-state index contributed by atoms with van der Waals surface area (Å²) in [6.07, 6.45) is 1.51. The van der Waals surface area contributed by atoms with Crippen LogP contribution in [0, 0.1) is 0 Å². The average molecular weight is 259 g/mol. The number of hydrogen-bond acceptors (Lipinski definition) is 3. The fraction of sp³-hybridized carbons (Fsp3) is 0.455. The summed E-state index contributed by atoms with van der Waals surface area (Å²) in [4.78, 5) is 27.3. The van der Waals surface area contributed by atoms with Crippen LogP contribution >= 0.6 is 11.6 Å². The van der Waals surface area contributed by atoms with Gasteiger partial charge in [0.1, 0.15) is 11.6 Å². The van der Waals surface area contributed by atoms with E-state index in [4.69, 9.17) is 16.3 Å². The van der Waals surface area contributed by atoms with Gasteiger partial charge in [0.25, 0.3) is 5.56 Å². The number of alkyl halides is 1. The lowest BCUT2D eigenvalue weighted by Gasteiger charge is -2.27. The Balaban J connectivity index is 3.11. The third-order valence-corrected chi connectivity index (χ3v) is 2.52. The summed E-state index contributed by atoms with van der Waals surface area (Å²) < 4.78 is 4.99. The average Bonchev–Trinajstić information content (AvgIpc) is 2.32. The molecule has 0 radical (unpaired) electrons. The molecule has 0 fully saturated rings. The van der Waals surface area contributed by atoms with Gasteiger partial charge in [0.05, 0.1) is 12.6 Å². The van der Waals surface area contributed by atoms with Crippen LogP contribution in [0.1, 0.15) is 6.92 Å². The highest BCUT2D eigenvalue weighted by molar-refractivity contribution is 6.29. The van der Waals surface area contributed by atoms with Crippen LogP contribution in [0.3, 0.4) is 0 Å². The van der Waals surface area contributed by atoms with E-state index in [-0.39, 0.29) is 29.1 Å². The zero-order chi connectivity index (χ0) is 12.8. The Morgan fingerprint density at radius 1 is 1.65 bits per heavy atom. The van der Waals surface area contributed by atoms with Crippen LogP contribution in [0.25, 0.3) is 0 Å². The molecular formula is C11H15ClN2O3. The van der Waals surface area contributed by atoms with E-state index in [1.54, 1.807) is 19.1 Å². The van der Waals surface area contributed by atoms with Gasteiger partial charge in [-0.1, -0.05) is 0 Å². The molecule has 1 unspecified atom stereocenters. The Labute approximate surface area is 104 Å². The smallest absolute Gasteiger partial charge is 0.271 e. The van der Waals surface area contributed by atoms with Gasteiger partial charge >= 0.3 is 0 Å². The Morgan fingerprint density at radius 2 is 2.35 bits per heavy atom. The number of hydrogen-bond donors (Lipinski definition) is 1. The summed E-state index contributed by atoms with van der Waals surface area (Å²) in [6, 6.07) is 2.98. The van der Waals surface area contributed by atoms with Crippen molar-refractivity contribution in [1.82, 2.24) is 4.98 Å². The van der Waals surface area contributed by atoms with Crippen LogP contribution in [0.15, 0.2) is 23.1 Å². The zero-order valence-electron chi connectivity index (χ0n) is 9.77. The van der Waals surface area contributed by atoms with Gasteiger partial charge in [-0.3, -0.25) is 9.59 Å². The quantitative estimate of drug-likeness (QED) is 0.801. The second-order valence-electron chi connectivity index (χ2n) is 3.59. The number of anilines is 1. The number of amides is 1. The number of nitrogens with one attached hydrogen (secondary N) is 1. The van der Waals surface area contributed by atoms with Gasteiger partial charge in [-0.2, -0.15) is 0 Å². The van der Waals surface area contributed by atoms with E-state index in [1.807, 2.05) is 0 Å². The normalized spacial score (nSPS) is 12.2. The highest BCUT2D eigenvalue weighted by Crippen LogP contribution is 2.12. The monoisotopic (exact) mass is 258 g/mol. The minimum atomic E-state index is -0.326. The molecule has 0 spiro atoms. The molecule has 1 amide bonds. The second-order valence-corrected chi connectivity index (χ2v) is 3.85. The van der Waals surface area contributed by atoms with E-state index in [0.29, 0.717) is 6.61 Å². The van der Waals surface area contributed by atoms with Crippen molar-refractivity contribution in [3.63, 3.8) is 0 Å². The van der Waals surface area contributed by atoms with Crippen molar-refractivity contribution in [2.75, 3.05) is 24.5 Å². The maximum absolute atomic E-state index is 11.8. The fourth-order valence-corrected chi connectivity index (χ4v) is 1.73. The molecule has 6 heteroatoms. The molecule has 1 rings (SSSR count). The third-order valence-electron chi connectivity index (χ3n) is 2.29. The van der Waals surface area contributed by atoms with E-state index < -0.39 is 0 Å². The molecule has 0 aliphatic carbocycles. The van der Waals surface area contributed by atoms with Gasteiger partial charge in [-0.15, -0.1) is 11.6 Å². The fourth-order valence-electron chi connectivity index (χ4n) is 1.60.